The molecular formula is C13H18N2O2. The standard InChI is InChI=1S/C13H18N2O2/c1-9-2-7-12(17-9)13(16)15-8-10-3-5-11(14)6-4-10/h3-6,9,12H,2,7-8,14H2,1H3,(H,15,16). The summed E-state index contributed by atoms with van der Waals surface area (Å²) in [6, 6.07) is 7.48. The maximum Gasteiger partial charge on any atom is 0.249 e. The average Bonchev–Trinajstić information content (AvgIpc) is 2.75. The van der Waals surface area contributed by atoms with Crippen molar-refractivity contribution in [1.29, 1.82) is 0 Å². The number of ether oxygens (including phenoxy) is 1. The number of nitrogen functional groups attached to an aromatic ring is 1. The molecule has 4 nitrogen and oxygen atoms in total. The minimum Gasteiger partial charge on any atom is -0.399 e. The first kappa shape index (κ1) is 11.9. The fourth-order valence-electron chi connectivity index (χ4n) is 1.93. The van der Waals surface area contributed by atoms with Crippen LogP contribution >= 0.6 is 0 Å². The number of carbonyl (C=O) groups excluding carboxylic acids is 1. The van der Waals surface area contributed by atoms with E-state index in [4.69, 9.17) is 10.5 Å². The van der Waals surface area contributed by atoms with Gasteiger partial charge in [0.1, 0.15) is 6.10 Å². The van der Waals surface area contributed by atoms with E-state index < -0.39 is 0 Å². The molecule has 1 amide bonds. The Hall–Kier alpha value is -1.55. The van der Waals surface area contributed by atoms with Gasteiger partial charge in [0.2, 0.25) is 5.91 Å². The van der Waals surface area contributed by atoms with Gasteiger partial charge in [-0.2, -0.15) is 0 Å². The Kier molecular flexibility index (Phi) is 3.64. The summed E-state index contributed by atoms with van der Waals surface area (Å²) >= 11 is 0. The van der Waals surface area contributed by atoms with Gasteiger partial charge in [-0.1, -0.05) is 12.1 Å². The highest BCUT2D eigenvalue weighted by Crippen LogP contribution is 2.19. The lowest BCUT2D eigenvalue weighted by atomic mass is 10.2. The van der Waals surface area contributed by atoms with Crippen molar-refractivity contribution in [2.45, 2.75) is 38.5 Å². The van der Waals surface area contributed by atoms with E-state index in [0.717, 1.165) is 24.1 Å². The third-order valence-electron chi connectivity index (χ3n) is 2.97. The number of amides is 1. The van der Waals surface area contributed by atoms with Crippen LogP contribution in [0.15, 0.2) is 24.3 Å². The van der Waals surface area contributed by atoms with Gasteiger partial charge in [-0.05, 0) is 37.5 Å². The first-order valence-electron chi connectivity index (χ1n) is 5.93. The Balaban J connectivity index is 1.82. The van der Waals surface area contributed by atoms with Crippen molar-refractivity contribution < 1.29 is 9.53 Å². The van der Waals surface area contributed by atoms with Crippen LogP contribution in [0.25, 0.3) is 0 Å². The zero-order valence-electron chi connectivity index (χ0n) is 9.98. The predicted molar refractivity (Wildman–Crippen MR) is 66.3 cm³/mol. The number of rotatable bonds is 3. The van der Waals surface area contributed by atoms with Crippen LogP contribution in [-0.2, 0) is 16.1 Å². The van der Waals surface area contributed by atoms with Crippen LogP contribution in [0.3, 0.4) is 0 Å². The third kappa shape index (κ3) is 3.20. The lowest BCUT2D eigenvalue weighted by Crippen LogP contribution is -2.34. The normalized spacial score (nSPS) is 23.6. The highest BCUT2D eigenvalue weighted by Gasteiger charge is 2.27. The van der Waals surface area contributed by atoms with Crippen LogP contribution in [0.4, 0.5) is 5.69 Å². The molecule has 1 saturated heterocycles. The lowest BCUT2D eigenvalue weighted by Gasteiger charge is -2.11. The van der Waals surface area contributed by atoms with Gasteiger partial charge in [-0.15, -0.1) is 0 Å². The molecule has 3 N–H and O–H groups in total. The summed E-state index contributed by atoms with van der Waals surface area (Å²) in [5.74, 6) is -0.0221. The maximum absolute atomic E-state index is 11.8. The van der Waals surface area contributed by atoms with E-state index in [2.05, 4.69) is 5.32 Å². The number of hydrogen-bond donors (Lipinski definition) is 2. The second-order valence-electron chi connectivity index (χ2n) is 4.47. The zero-order chi connectivity index (χ0) is 12.3. The first-order chi connectivity index (χ1) is 8.15. The van der Waals surface area contributed by atoms with Crippen molar-refractivity contribution in [3.05, 3.63) is 29.8 Å². The van der Waals surface area contributed by atoms with E-state index >= 15 is 0 Å². The third-order valence-corrected chi connectivity index (χ3v) is 2.97. The number of benzene rings is 1. The van der Waals surface area contributed by atoms with Gasteiger partial charge in [0.05, 0.1) is 6.10 Å². The summed E-state index contributed by atoms with van der Waals surface area (Å²) in [7, 11) is 0. The first-order valence-corrected chi connectivity index (χ1v) is 5.93. The number of carbonyl (C=O) groups is 1. The van der Waals surface area contributed by atoms with Crippen LogP contribution in [0.5, 0.6) is 0 Å². The number of nitrogens with one attached hydrogen (secondary N) is 1. The van der Waals surface area contributed by atoms with Crippen molar-refractivity contribution in [3.63, 3.8) is 0 Å². The van der Waals surface area contributed by atoms with Crippen LogP contribution in [0.1, 0.15) is 25.3 Å². The fourth-order valence-corrected chi connectivity index (χ4v) is 1.93. The minimum absolute atomic E-state index is 0.0221. The molecule has 0 aromatic heterocycles. The Bertz CT molecular complexity index is 389. The van der Waals surface area contributed by atoms with E-state index in [1.54, 1.807) is 0 Å². The molecule has 0 bridgehead atoms. The smallest absolute Gasteiger partial charge is 0.249 e. The topological polar surface area (TPSA) is 64.4 Å². The number of nitrogens with two attached hydrogens (primary N) is 1. The Labute approximate surface area is 101 Å². The largest absolute Gasteiger partial charge is 0.399 e. The van der Waals surface area contributed by atoms with E-state index in [1.807, 2.05) is 31.2 Å². The van der Waals surface area contributed by atoms with Crippen molar-refractivity contribution >= 4 is 11.6 Å². The highest BCUT2D eigenvalue weighted by molar-refractivity contribution is 5.81. The molecule has 0 aliphatic carbocycles. The van der Waals surface area contributed by atoms with Crippen molar-refractivity contribution in [1.82, 2.24) is 5.32 Å². The predicted octanol–water partition coefficient (Wildman–Crippen LogP) is 1.45. The van der Waals surface area contributed by atoms with E-state index in [-0.39, 0.29) is 18.1 Å². The van der Waals surface area contributed by atoms with E-state index in [1.165, 1.54) is 0 Å². The van der Waals surface area contributed by atoms with Gasteiger partial charge in [0, 0.05) is 12.2 Å². The molecule has 1 aromatic rings. The molecule has 0 spiro atoms. The molecule has 1 fully saturated rings. The summed E-state index contributed by atoms with van der Waals surface area (Å²) in [4.78, 5) is 11.8. The second kappa shape index (κ2) is 5.19. The molecule has 2 atom stereocenters. The molecule has 2 unspecified atom stereocenters. The van der Waals surface area contributed by atoms with Crippen LogP contribution in [0.2, 0.25) is 0 Å². The van der Waals surface area contributed by atoms with E-state index in [9.17, 15) is 4.79 Å². The van der Waals surface area contributed by atoms with Gasteiger partial charge < -0.3 is 15.8 Å². The number of anilines is 1. The Morgan fingerprint density at radius 3 is 2.71 bits per heavy atom. The molecular weight excluding hydrogens is 216 g/mol. The lowest BCUT2D eigenvalue weighted by molar-refractivity contribution is -0.131. The number of hydrogen-bond acceptors (Lipinski definition) is 3. The van der Waals surface area contributed by atoms with Gasteiger partial charge in [0.25, 0.3) is 0 Å². The summed E-state index contributed by atoms with van der Waals surface area (Å²) in [6.45, 7) is 2.51. The molecule has 1 heterocycles. The molecule has 4 heteroatoms. The second-order valence-corrected chi connectivity index (χ2v) is 4.47. The molecule has 0 radical (unpaired) electrons. The molecule has 2 rings (SSSR count). The van der Waals surface area contributed by atoms with Crippen molar-refractivity contribution in [2.75, 3.05) is 5.73 Å². The SMILES string of the molecule is CC1CCC(C(=O)NCc2ccc(N)cc2)O1. The molecule has 0 saturated carbocycles. The van der Waals surface area contributed by atoms with Gasteiger partial charge in [-0.3, -0.25) is 4.79 Å². The fraction of sp³-hybridized carbons (Fsp3) is 0.462. The van der Waals surface area contributed by atoms with Crippen molar-refractivity contribution in [3.8, 4) is 0 Å². The summed E-state index contributed by atoms with van der Waals surface area (Å²) in [5, 5.41) is 2.88. The summed E-state index contributed by atoms with van der Waals surface area (Å²) in [6.07, 6.45) is 1.69. The maximum atomic E-state index is 11.8. The van der Waals surface area contributed by atoms with Crippen LogP contribution in [0, 0.1) is 0 Å². The van der Waals surface area contributed by atoms with Crippen molar-refractivity contribution in [2.24, 2.45) is 0 Å². The Morgan fingerprint density at radius 1 is 1.41 bits per heavy atom. The zero-order valence-corrected chi connectivity index (χ0v) is 9.98. The van der Waals surface area contributed by atoms with Crippen LogP contribution in [-0.4, -0.2) is 18.1 Å². The van der Waals surface area contributed by atoms with Gasteiger partial charge in [0.15, 0.2) is 0 Å². The quantitative estimate of drug-likeness (QED) is 0.778. The molecule has 1 aliphatic heterocycles. The monoisotopic (exact) mass is 234 g/mol. The molecule has 1 aromatic carbocycles. The molecule has 17 heavy (non-hydrogen) atoms. The van der Waals surface area contributed by atoms with E-state index in [0.29, 0.717) is 6.54 Å². The average molecular weight is 234 g/mol. The molecule has 1 aliphatic rings. The minimum atomic E-state index is -0.279. The summed E-state index contributed by atoms with van der Waals surface area (Å²) < 4.78 is 5.50. The highest BCUT2D eigenvalue weighted by atomic mass is 16.5. The van der Waals surface area contributed by atoms with Crippen LogP contribution < -0.4 is 11.1 Å². The van der Waals surface area contributed by atoms with Gasteiger partial charge in [-0.25, -0.2) is 0 Å². The summed E-state index contributed by atoms with van der Waals surface area (Å²) in [5.41, 5.74) is 7.36. The molecule has 92 valence electrons. The Morgan fingerprint density at radius 2 is 2.12 bits per heavy atom. The van der Waals surface area contributed by atoms with Gasteiger partial charge >= 0.3 is 0 Å².